The molecule has 0 radical (unpaired) electrons. The van der Waals surface area contributed by atoms with Gasteiger partial charge < -0.3 is 15.9 Å². The van der Waals surface area contributed by atoms with Crippen LogP contribution in [0.15, 0.2) is 94.9 Å². The summed E-state index contributed by atoms with van der Waals surface area (Å²) in [5, 5.41) is 20.1. The molecule has 3 aromatic carbocycles. The van der Waals surface area contributed by atoms with Crippen molar-refractivity contribution in [3.8, 4) is 11.1 Å². The maximum atomic E-state index is 12.7. The van der Waals surface area contributed by atoms with E-state index in [1.165, 1.54) is 0 Å². The average Bonchev–Trinajstić information content (AvgIpc) is 2.88. The highest BCUT2D eigenvalue weighted by atomic mass is 32.2. The smallest absolute Gasteiger partial charge is 0.331 e. The minimum absolute atomic E-state index is 0.115. The Bertz CT molecular complexity index is 1380. The zero-order chi connectivity index (χ0) is 25.9. The van der Waals surface area contributed by atoms with Gasteiger partial charge in [-0.3, -0.25) is 4.79 Å². The molecular formula is C30H29NO4S. The highest BCUT2D eigenvalue weighted by molar-refractivity contribution is 7.98. The van der Waals surface area contributed by atoms with E-state index in [4.69, 9.17) is 5.73 Å². The van der Waals surface area contributed by atoms with E-state index in [1.807, 2.05) is 24.3 Å². The second kappa shape index (κ2) is 10.6. The van der Waals surface area contributed by atoms with Crippen LogP contribution in [-0.4, -0.2) is 22.2 Å². The molecule has 3 aromatic rings. The summed E-state index contributed by atoms with van der Waals surface area (Å²) < 4.78 is 0. The Morgan fingerprint density at radius 1 is 0.972 bits per heavy atom. The summed E-state index contributed by atoms with van der Waals surface area (Å²) in [7, 11) is 0. The molecule has 0 amide bonds. The molecule has 0 fully saturated rings. The van der Waals surface area contributed by atoms with Crippen molar-refractivity contribution in [2.24, 2.45) is 5.73 Å². The molecule has 0 heterocycles. The van der Waals surface area contributed by atoms with Gasteiger partial charge in [0.1, 0.15) is 5.41 Å². The average molecular weight is 500 g/mol. The van der Waals surface area contributed by atoms with Gasteiger partial charge in [-0.2, -0.15) is 0 Å². The number of carboxylic acid groups (broad SMARTS) is 2. The van der Waals surface area contributed by atoms with Gasteiger partial charge in [-0.1, -0.05) is 72.8 Å². The minimum Gasteiger partial charge on any atom is -0.480 e. The third kappa shape index (κ3) is 4.87. The fraction of sp³-hybridized carbons (Fsp3) is 0.200. The van der Waals surface area contributed by atoms with Crippen LogP contribution < -0.4 is 5.73 Å². The van der Waals surface area contributed by atoms with Crippen LogP contribution in [0.1, 0.15) is 35.6 Å². The number of hydrogen-bond donors (Lipinski definition) is 3. The van der Waals surface area contributed by atoms with Crippen LogP contribution in [0.2, 0.25) is 0 Å². The maximum Gasteiger partial charge on any atom is 0.331 e. The van der Waals surface area contributed by atoms with Crippen LogP contribution in [0.3, 0.4) is 0 Å². The van der Waals surface area contributed by atoms with Crippen molar-refractivity contribution >= 4 is 23.7 Å². The Labute approximate surface area is 215 Å². The molecule has 0 spiro atoms. The highest BCUT2D eigenvalue weighted by Crippen LogP contribution is 2.42. The standard InChI is InChI=1S/C30H29NO4S/c1-19-13-14-30(29(34)35,16-24(19)28(32)33)26-10-6-9-23(17-31)25(26)18-36-27-12-11-22(15-20(27)2)21-7-4-3-5-8-21/h3-15H,16-18,31H2,1-2H3,(H,32,33)(H,34,35). The Morgan fingerprint density at radius 3 is 2.36 bits per heavy atom. The molecule has 36 heavy (non-hydrogen) atoms. The van der Waals surface area contributed by atoms with Crippen LogP contribution in [-0.2, 0) is 27.3 Å². The quantitative estimate of drug-likeness (QED) is 0.324. The van der Waals surface area contributed by atoms with Crippen LogP contribution in [0.5, 0.6) is 0 Å². The van der Waals surface area contributed by atoms with E-state index in [0.717, 1.165) is 32.7 Å². The number of thioether (sulfide) groups is 1. The lowest BCUT2D eigenvalue weighted by Crippen LogP contribution is -2.38. The molecule has 0 aliphatic heterocycles. The lowest BCUT2D eigenvalue weighted by Gasteiger charge is -2.33. The number of benzene rings is 3. The van der Waals surface area contributed by atoms with Crippen molar-refractivity contribution in [3.63, 3.8) is 0 Å². The van der Waals surface area contributed by atoms with Crippen molar-refractivity contribution in [2.75, 3.05) is 0 Å². The molecule has 0 saturated carbocycles. The Balaban J connectivity index is 1.71. The number of nitrogens with two attached hydrogens (primary N) is 1. The zero-order valence-corrected chi connectivity index (χ0v) is 21.1. The second-order valence-corrected chi connectivity index (χ2v) is 10.1. The van der Waals surface area contributed by atoms with E-state index in [-0.39, 0.29) is 18.5 Å². The summed E-state index contributed by atoms with van der Waals surface area (Å²) in [5.74, 6) is -1.65. The van der Waals surface area contributed by atoms with Crippen LogP contribution >= 0.6 is 11.8 Å². The van der Waals surface area contributed by atoms with E-state index < -0.39 is 17.4 Å². The van der Waals surface area contributed by atoms with Crippen molar-refractivity contribution in [1.82, 2.24) is 0 Å². The van der Waals surface area contributed by atoms with Gasteiger partial charge in [0.2, 0.25) is 0 Å². The predicted octanol–water partition coefficient (Wildman–Crippen LogP) is 6.10. The molecule has 0 saturated heterocycles. The first-order valence-corrected chi connectivity index (χ1v) is 12.7. The highest BCUT2D eigenvalue weighted by Gasteiger charge is 2.43. The van der Waals surface area contributed by atoms with Crippen molar-refractivity contribution in [3.05, 3.63) is 112 Å². The van der Waals surface area contributed by atoms with Crippen LogP contribution in [0.25, 0.3) is 11.1 Å². The molecule has 1 unspecified atom stereocenters. The minimum atomic E-state index is -1.47. The van der Waals surface area contributed by atoms with E-state index in [2.05, 4.69) is 37.3 Å². The summed E-state index contributed by atoms with van der Waals surface area (Å²) in [6.07, 6.45) is 3.12. The molecule has 0 aromatic heterocycles. The van der Waals surface area contributed by atoms with E-state index in [9.17, 15) is 19.8 Å². The summed E-state index contributed by atoms with van der Waals surface area (Å²) >= 11 is 1.63. The Hall–Kier alpha value is -3.61. The normalized spacial score (nSPS) is 17.3. The van der Waals surface area contributed by atoms with Gasteiger partial charge >= 0.3 is 11.9 Å². The van der Waals surface area contributed by atoms with Gasteiger partial charge in [0.25, 0.3) is 0 Å². The Morgan fingerprint density at radius 2 is 1.72 bits per heavy atom. The predicted molar refractivity (Wildman–Crippen MR) is 144 cm³/mol. The molecule has 1 aliphatic carbocycles. The van der Waals surface area contributed by atoms with Gasteiger partial charge in [0, 0.05) is 29.2 Å². The SMILES string of the molecule is CC1=C(C(=O)O)CC(C(=O)O)(c2cccc(CN)c2CSc2ccc(-c3ccccc3)cc2C)C=C1. The summed E-state index contributed by atoms with van der Waals surface area (Å²) in [6, 6.07) is 22.0. The molecule has 4 N–H and O–H groups in total. The molecule has 1 atom stereocenters. The number of hydrogen-bond acceptors (Lipinski definition) is 4. The first-order chi connectivity index (χ1) is 17.3. The summed E-state index contributed by atoms with van der Waals surface area (Å²) in [4.78, 5) is 25.7. The van der Waals surface area contributed by atoms with Crippen LogP contribution in [0.4, 0.5) is 0 Å². The van der Waals surface area contributed by atoms with Gasteiger partial charge in [-0.25, -0.2) is 4.79 Å². The van der Waals surface area contributed by atoms with E-state index in [0.29, 0.717) is 16.9 Å². The zero-order valence-electron chi connectivity index (χ0n) is 20.3. The van der Waals surface area contributed by atoms with Crippen LogP contribution in [0, 0.1) is 6.92 Å². The summed E-state index contributed by atoms with van der Waals surface area (Å²) in [5.41, 5.74) is 11.0. The molecule has 184 valence electrons. The van der Waals surface area contributed by atoms with E-state index >= 15 is 0 Å². The number of allylic oxidation sites excluding steroid dienone is 2. The van der Waals surface area contributed by atoms with Gasteiger partial charge in [0.15, 0.2) is 0 Å². The topological polar surface area (TPSA) is 101 Å². The van der Waals surface area contributed by atoms with Gasteiger partial charge in [-0.15, -0.1) is 11.8 Å². The van der Waals surface area contributed by atoms with Gasteiger partial charge in [-0.05, 0) is 58.9 Å². The third-order valence-electron chi connectivity index (χ3n) is 6.82. The fourth-order valence-corrected chi connectivity index (χ4v) is 5.81. The number of aryl methyl sites for hydroxylation is 1. The summed E-state index contributed by atoms with van der Waals surface area (Å²) in [6.45, 7) is 4.02. The first kappa shape index (κ1) is 25.5. The lowest BCUT2D eigenvalue weighted by molar-refractivity contribution is -0.142. The fourth-order valence-electron chi connectivity index (χ4n) is 4.72. The number of carbonyl (C=O) groups is 2. The van der Waals surface area contributed by atoms with Crippen molar-refractivity contribution in [1.29, 1.82) is 0 Å². The molecule has 5 nitrogen and oxygen atoms in total. The lowest BCUT2D eigenvalue weighted by atomic mass is 9.69. The molecule has 0 bridgehead atoms. The first-order valence-electron chi connectivity index (χ1n) is 11.7. The van der Waals surface area contributed by atoms with Gasteiger partial charge in [0.05, 0.1) is 0 Å². The molecule has 4 rings (SSSR count). The largest absolute Gasteiger partial charge is 0.480 e. The van der Waals surface area contributed by atoms with E-state index in [1.54, 1.807) is 43.0 Å². The maximum absolute atomic E-state index is 12.7. The third-order valence-corrected chi connectivity index (χ3v) is 8.02. The number of aliphatic carboxylic acids is 2. The molecule has 6 heteroatoms. The number of rotatable bonds is 8. The number of carboxylic acids is 2. The van der Waals surface area contributed by atoms with Crippen molar-refractivity contribution < 1.29 is 19.8 Å². The monoisotopic (exact) mass is 499 g/mol. The second-order valence-electron chi connectivity index (χ2n) is 9.04. The van der Waals surface area contributed by atoms with Crippen molar-refractivity contribution in [2.45, 2.75) is 42.9 Å². The molecule has 1 aliphatic rings. The molecular weight excluding hydrogens is 470 g/mol. The Kier molecular flexibility index (Phi) is 7.48.